The number of nitrogens with one attached hydrogen (secondary N) is 1. The Balaban J connectivity index is 2.05. The Morgan fingerprint density at radius 2 is 2.05 bits per heavy atom. The predicted octanol–water partition coefficient (Wildman–Crippen LogP) is 3.40. The number of benzene rings is 2. The number of fused-ring (bicyclic) bond motifs is 1. The molecule has 1 heterocycles. The van der Waals surface area contributed by atoms with Gasteiger partial charge < -0.3 is 14.9 Å². The van der Waals surface area contributed by atoms with Gasteiger partial charge >= 0.3 is 5.76 Å². The van der Waals surface area contributed by atoms with Crippen molar-refractivity contribution in [2.45, 2.75) is 0 Å². The third kappa shape index (κ3) is 2.27. The van der Waals surface area contributed by atoms with E-state index < -0.39 is 11.6 Å². The van der Waals surface area contributed by atoms with Crippen molar-refractivity contribution in [3.63, 3.8) is 0 Å². The van der Waals surface area contributed by atoms with E-state index in [0.29, 0.717) is 15.6 Å². The van der Waals surface area contributed by atoms with Crippen molar-refractivity contribution in [1.82, 2.24) is 4.98 Å². The highest BCUT2D eigenvalue weighted by Crippen LogP contribution is 2.32. The van der Waals surface area contributed by atoms with E-state index in [4.69, 9.17) is 14.9 Å². The summed E-state index contributed by atoms with van der Waals surface area (Å²) < 4.78 is 24.6. The summed E-state index contributed by atoms with van der Waals surface area (Å²) in [6.45, 7) is 0. The van der Waals surface area contributed by atoms with Crippen molar-refractivity contribution in [1.29, 1.82) is 0 Å². The van der Waals surface area contributed by atoms with Gasteiger partial charge in [0.15, 0.2) is 22.9 Å². The Morgan fingerprint density at radius 3 is 2.80 bits per heavy atom. The van der Waals surface area contributed by atoms with Crippen LogP contribution in [0.25, 0.3) is 11.1 Å². The number of nitrogens with two attached hydrogens (primary N) is 1. The topological polar surface area (TPSA) is 81.2 Å². The van der Waals surface area contributed by atoms with Gasteiger partial charge in [0.2, 0.25) is 0 Å². The van der Waals surface area contributed by atoms with E-state index >= 15 is 0 Å². The molecule has 0 bridgehead atoms. The van der Waals surface area contributed by atoms with Crippen molar-refractivity contribution < 1.29 is 13.5 Å². The van der Waals surface area contributed by atoms with E-state index in [1.165, 1.54) is 24.3 Å². The van der Waals surface area contributed by atoms with E-state index in [-0.39, 0.29) is 17.2 Å². The molecular weight excluding hydrogens is 331 g/mol. The maximum Gasteiger partial charge on any atom is 0.417 e. The van der Waals surface area contributed by atoms with Gasteiger partial charge in [-0.05, 0) is 18.2 Å². The molecule has 0 amide bonds. The first-order valence-corrected chi connectivity index (χ1v) is 6.37. The maximum atomic E-state index is 13.7. The van der Waals surface area contributed by atoms with Gasteiger partial charge in [-0.15, -0.1) is 0 Å². The smallest absolute Gasteiger partial charge is 0.417 e. The average molecular weight is 339 g/mol. The van der Waals surface area contributed by atoms with Gasteiger partial charge in [-0.2, -0.15) is 0 Å². The van der Waals surface area contributed by atoms with Crippen LogP contribution >= 0.6 is 15.9 Å². The number of hydrogen-bond donors (Lipinski definition) is 2. The van der Waals surface area contributed by atoms with E-state index in [1.807, 2.05) is 0 Å². The number of halogens is 2. The van der Waals surface area contributed by atoms with E-state index in [2.05, 4.69) is 20.9 Å². The highest BCUT2D eigenvalue weighted by Gasteiger charge is 2.11. The zero-order chi connectivity index (χ0) is 14.3. The molecule has 0 atom stereocenters. The molecule has 2 aromatic carbocycles. The van der Waals surface area contributed by atoms with Gasteiger partial charge in [-0.1, -0.05) is 15.9 Å². The predicted molar refractivity (Wildman–Crippen MR) is 75.4 cm³/mol. The Bertz CT molecular complexity index is 856. The molecule has 0 saturated carbocycles. The van der Waals surface area contributed by atoms with Crippen molar-refractivity contribution in [2.24, 2.45) is 0 Å². The summed E-state index contributed by atoms with van der Waals surface area (Å²) >= 11 is 3.16. The fourth-order valence-corrected chi connectivity index (χ4v) is 2.09. The number of anilines is 1. The quantitative estimate of drug-likeness (QED) is 0.701. The van der Waals surface area contributed by atoms with Crippen LogP contribution in [0, 0.1) is 5.82 Å². The molecule has 0 aliphatic rings. The van der Waals surface area contributed by atoms with Crippen molar-refractivity contribution >= 4 is 32.7 Å². The van der Waals surface area contributed by atoms with Crippen molar-refractivity contribution in [2.75, 3.05) is 5.73 Å². The van der Waals surface area contributed by atoms with Crippen LogP contribution in [0.4, 0.5) is 10.1 Å². The summed E-state index contributed by atoms with van der Waals surface area (Å²) in [5, 5.41) is 0. The molecule has 7 heteroatoms. The van der Waals surface area contributed by atoms with E-state index in [9.17, 15) is 9.18 Å². The molecule has 20 heavy (non-hydrogen) atoms. The molecule has 0 saturated heterocycles. The lowest BCUT2D eigenvalue weighted by atomic mass is 10.2. The van der Waals surface area contributed by atoms with Crippen molar-refractivity contribution in [3.8, 4) is 11.5 Å². The molecule has 3 rings (SSSR count). The highest BCUT2D eigenvalue weighted by molar-refractivity contribution is 9.10. The molecule has 3 N–H and O–H groups in total. The second kappa shape index (κ2) is 4.68. The fraction of sp³-hybridized carbons (Fsp3) is 0. The molecule has 0 aliphatic heterocycles. The second-order valence-electron chi connectivity index (χ2n) is 4.08. The van der Waals surface area contributed by atoms with E-state index in [0.717, 1.165) is 0 Å². The summed E-state index contributed by atoms with van der Waals surface area (Å²) in [6, 6.07) is 7.33. The lowest BCUT2D eigenvalue weighted by Gasteiger charge is -2.09. The SMILES string of the molecule is Nc1cc2oc(=O)[nH]c2cc1Oc1ccc(Br)cc1F. The molecule has 0 aliphatic carbocycles. The second-order valence-corrected chi connectivity index (χ2v) is 4.99. The van der Waals surface area contributed by atoms with Gasteiger partial charge in [0.1, 0.15) is 0 Å². The Kier molecular flexibility index (Phi) is 2.98. The molecule has 3 aromatic rings. The minimum atomic E-state index is -0.591. The third-order valence-electron chi connectivity index (χ3n) is 2.67. The first kappa shape index (κ1) is 12.7. The number of oxazole rings is 1. The van der Waals surface area contributed by atoms with Gasteiger partial charge in [0.05, 0.1) is 11.2 Å². The summed E-state index contributed by atoms with van der Waals surface area (Å²) in [7, 11) is 0. The highest BCUT2D eigenvalue weighted by atomic mass is 79.9. The standard InChI is InChI=1S/C13H8BrFN2O3/c14-6-1-2-10(7(15)3-6)19-11-5-9-12(4-8(11)16)20-13(18)17-9/h1-5H,16H2,(H,17,18). The minimum absolute atomic E-state index is 0.0325. The zero-order valence-electron chi connectivity index (χ0n) is 9.94. The Labute approximate surface area is 120 Å². The number of nitrogen functional groups attached to an aromatic ring is 1. The molecule has 102 valence electrons. The van der Waals surface area contributed by atoms with E-state index in [1.54, 1.807) is 6.07 Å². The molecule has 0 unspecified atom stereocenters. The third-order valence-corrected chi connectivity index (χ3v) is 3.16. The number of aromatic amines is 1. The number of ether oxygens (including phenoxy) is 1. The first-order valence-electron chi connectivity index (χ1n) is 5.58. The van der Waals surface area contributed by atoms with Crippen LogP contribution in [-0.2, 0) is 0 Å². The molecule has 0 radical (unpaired) electrons. The van der Waals surface area contributed by atoms with Crippen LogP contribution < -0.4 is 16.2 Å². The van der Waals surface area contributed by atoms with Crippen LogP contribution in [0.2, 0.25) is 0 Å². The summed E-state index contributed by atoms with van der Waals surface area (Å²) in [5.41, 5.74) is 6.77. The number of aromatic nitrogens is 1. The minimum Gasteiger partial charge on any atom is -0.452 e. The average Bonchev–Trinajstić information content (AvgIpc) is 2.72. The van der Waals surface area contributed by atoms with Gasteiger partial charge in [0, 0.05) is 16.6 Å². The number of hydrogen-bond acceptors (Lipinski definition) is 4. The molecule has 0 spiro atoms. The monoisotopic (exact) mass is 338 g/mol. The van der Waals surface area contributed by atoms with Gasteiger partial charge in [-0.25, -0.2) is 9.18 Å². The number of rotatable bonds is 2. The fourth-order valence-electron chi connectivity index (χ4n) is 1.76. The Morgan fingerprint density at radius 1 is 1.25 bits per heavy atom. The maximum absolute atomic E-state index is 13.7. The number of H-pyrrole nitrogens is 1. The van der Waals surface area contributed by atoms with Crippen LogP contribution in [-0.4, -0.2) is 4.98 Å². The first-order chi connectivity index (χ1) is 9.52. The van der Waals surface area contributed by atoms with Crippen LogP contribution in [0.5, 0.6) is 11.5 Å². The normalized spacial score (nSPS) is 10.9. The zero-order valence-corrected chi connectivity index (χ0v) is 11.5. The lowest BCUT2D eigenvalue weighted by Crippen LogP contribution is -1.94. The van der Waals surface area contributed by atoms with Gasteiger partial charge in [0.25, 0.3) is 0 Å². The Hall–Kier alpha value is -2.28. The van der Waals surface area contributed by atoms with Crippen LogP contribution in [0.1, 0.15) is 0 Å². The summed E-state index contributed by atoms with van der Waals surface area (Å²) in [4.78, 5) is 13.6. The largest absolute Gasteiger partial charge is 0.452 e. The molecular formula is C13H8BrFN2O3. The van der Waals surface area contributed by atoms with Crippen molar-refractivity contribution in [3.05, 3.63) is 51.2 Å². The van der Waals surface area contributed by atoms with Crippen LogP contribution in [0.15, 0.2) is 44.0 Å². The molecule has 0 fully saturated rings. The van der Waals surface area contributed by atoms with Gasteiger partial charge in [-0.3, -0.25) is 4.98 Å². The van der Waals surface area contributed by atoms with Crippen LogP contribution in [0.3, 0.4) is 0 Å². The molecule has 5 nitrogen and oxygen atoms in total. The lowest BCUT2D eigenvalue weighted by molar-refractivity contribution is 0.444. The summed E-state index contributed by atoms with van der Waals surface area (Å²) in [5.74, 6) is -0.855. The summed E-state index contributed by atoms with van der Waals surface area (Å²) in [6.07, 6.45) is 0. The molecule has 1 aromatic heterocycles.